The molecule has 3 fully saturated rings. The Bertz CT molecular complexity index is 940. The molecule has 7 heteroatoms. The van der Waals surface area contributed by atoms with Crippen molar-refractivity contribution in [2.75, 3.05) is 26.2 Å². The third kappa shape index (κ3) is 2.97. The number of likely N-dealkylation sites (tertiary alicyclic amines) is 1. The lowest BCUT2D eigenvalue weighted by Gasteiger charge is -2.56. The summed E-state index contributed by atoms with van der Waals surface area (Å²) in [4.78, 5) is 22.9. The van der Waals surface area contributed by atoms with E-state index < -0.39 is 0 Å². The molecule has 0 saturated carbocycles. The topological polar surface area (TPSA) is 74.5 Å². The van der Waals surface area contributed by atoms with E-state index in [1.54, 1.807) is 4.68 Å². The molecule has 0 unspecified atom stereocenters. The van der Waals surface area contributed by atoms with Gasteiger partial charge in [-0.1, -0.05) is 6.42 Å². The Morgan fingerprint density at radius 1 is 1.24 bits per heavy atom. The van der Waals surface area contributed by atoms with Crippen LogP contribution in [-0.2, 0) is 7.05 Å². The highest BCUT2D eigenvalue weighted by Gasteiger charge is 2.47. The zero-order valence-electron chi connectivity index (χ0n) is 17.6. The second kappa shape index (κ2) is 7.06. The van der Waals surface area contributed by atoms with Crippen LogP contribution in [0.1, 0.15) is 47.4 Å². The van der Waals surface area contributed by atoms with Crippen LogP contribution >= 0.6 is 0 Å². The Hall–Kier alpha value is -1.99. The van der Waals surface area contributed by atoms with Crippen molar-refractivity contribution in [2.45, 2.75) is 51.6 Å². The van der Waals surface area contributed by atoms with E-state index in [2.05, 4.69) is 15.0 Å². The first-order valence-electron chi connectivity index (χ1n) is 10.9. The van der Waals surface area contributed by atoms with Gasteiger partial charge < -0.3 is 10.0 Å². The van der Waals surface area contributed by atoms with Gasteiger partial charge in [-0.25, -0.2) is 4.98 Å². The first-order chi connectivity index (χ1) is 14.0. The molecular weight excluding hydrogens is 366 g/mol. The van der Waals surface area contributed by atoms with Crippen LogP contribution < -0.4 is 0 Å². The molecule has 4 atom stereocenters. The second-order valence-electron chi connectivity index (χ2n) is 9.24. The van der Waals surface area contributed by atoms with Crippen LogP contribution in [0, 0.1) is 25.7 Å². The smallest absolute Gasteiger partial charge is 0.254 e. The third-order valence-electron chi connectivity index (χ3n) is 7.42. The molecule has 1 amide bonds. The van der Waals surface area contributed by atoms with Crippen molar-refractivity contribution in [1.29, 1.82) is 0 Å². The van der Waals surface area contributed by atoms with Crippen molar-refractivity contribution in [3.63, 3.8) is 0 Å². The van der Waals surface area contributed by atoms with Crippen molar-refractivity contribution in [2.24, 2.45) is 18.9 Å². The van der Waals surface area contributed by atoms with Crippen molar-refractivity contribution in [3.8, 4) is 0 Å². The van der Waals surface area contributed by atoms with Gasteiger partial charge in [0.25, 0.3) is 5.91 Å². The molecule has 1 N–H and O–H groups in total. The van der Waals surface area contributed by atoms with E-state index in [1.807, 2.05) is 31.9 Å². The highest BCUT2D eigenvalue weighted by molar-refractivity contribution is 6.06. The number of aryl methyl sites for hydroxylation is 3. The van der Waals surface area contributed by atoms with Crippen molar-refractivity contribution >= 4 is 16.9 Å². The molecule has 3 aliphatic heterocycles. The number of fused-ring (bicyclic) bond motifs is 5. The summed E-state index contributed by atoms with van der Waals surface area (Å²) in [5.41, 5.74) is 3.18. The van der Waals surface area contributed by atoms with Gasteiger partial charge in [-0.15, -0.1) is 0 Å². The molecule has 5 rings (SSSR count). The van der Waals surface area contributed by atoms with Gasteiger partial charge in [0, 0.05) is 37.9 Å². The standard InChI is InChI=1S/C22H31N5O2/c1-13-8-17(20-14(2)24-25(3)21(20)23-13)22(29)26-10-15-9-16(11-26)19(12-28)27-7-5-4-6-18(15)27/h8,15-16,18-19,28H,4-7,9-12H2,1-3H3/t15-,16+,18+,19+/m1/s1. The van der Waals surface area contributed by atoms with Crippen LogP contribution in [0.4, 0.5) is 0 Å². The van der Waals surface area contributed by atoms with Crippen LogP contribution in [0.2, 0.25) is 0 Å². The second-order valence-corrected chi connectivity index (χ2v) is 9.24. The Morgan fingerprint density at radius 3 is 2.83 bits per heavy atom. The third-order valence-corrected chi connectivity index (χ3v) is 7.42. The number of aliphatic hydroxyl groups excluding tert-OH is 1. The van der Waals surface area contributed by atoms with Gasteiger partial charge in [0.05, 0.1) is 23.3 Å². The molecule has 29 heavy (non-hydrogen) atoms. The van der Waals surface area contributed by atoms with Gasteiger partial charge in [-0.2, -0.15) is 5.10 Å². The van der Waals surface area contributed by atoms with Crippen LogP contribution in [0.3, 0.4) is 0 Å². The molecule has 0 aromatic carbocycles. The van der Waals surface area contributed by atoms with Gasteiger partial charge >= 0.3 is 0 Å². The maximum Gasteiger partial charge on any atom is 0.254 e. The molecule has 0 aliphatic carbocycles. The molecular formula is C22H31N5O2. The normalized spacial score (nSPS) is 29.9. The van der Waals surface area contributed by atoms with Gasteiger partial charge in [-0.3, -0.25) is 14.4 Å². The van der Waals surface area contributed by atoms with Crippen molar-refractivity contribution < 1.29 is 9.90 Å². The van der Waals surface area contributed by atoms with E-state index in [-0.39, 0.29) is 18.6 Å². The van der Waals surface area contributed by atoms with Crippen LogP contribution in [0.25, 0.3) is 11.0 Å². The van der Waals surface area contributed by atoms with E-state index in [0.29, 0.717) is 17.9 Å². The monoisotopic (exact) mass is 397 g/mol. The van der Waals surface area contributed by atoms with E-state index >= 15 is 0 Å². The molecule has 2 aromatic heterocycles. The van der Waals surface area contributed by atoms with Crippen LogP contribution in [-0.4, -0.2) is 73.9 Å². The summed E-state index contributed by atoms with van der Waals surface area (Å²) in [6.07, 6.45) is 4.81. The number of aliphatic hydroxyl groups is 1. The summed E-state index contributed by atoms with van der Waals surface area (Å²) in [7, 11) is 1.88. The predicted octanol–water partition coefficient (Wildman–Crippen LogP) is 1.89. The minimum atomic E-state index is 0.0900. The maximum atomic E-state index is 13.7. The quantitative estimate of drug-likeness (QED) is 0.838. The lowest BCUT2D eigenvalue weighted by atomic mass is 9.72. The Labute approximate surface area is 171 Å². The van der Waals surface area contributed by atoms with E-state index in [9.17, 15) is 9.90 Å². The number of carbonyl (C=O) groups excluding carboxylic acids is 1. The minimum Gasteiger partial charge on any atom is -0.395 e. The Kier molecular flexibility index (Phi) is 4.62. The molecule has 2 aromatic rings. The lowest BCUT2D eigenvalue weighted by Crippen LogP contribution is -2.65. The molecule has 2 bridgehead atoms. The average molecular weight is 398 g/mol. The zero-order valence-corrected chi connectivity index (χ0v) is 17.6. The zero-order chi connectivity index (χ0) is 20.3. The summed E-state index contributed by atoms with van der Waals surface area (Å²) < 4.78 is 1.76. The Morgan fingerprint density at radius 2 is 2.03 bits per heavy atom. The van der Waals surface area contributed by atoms with Gasteiger partial charge in [0.15, 0.2) is 5.65 Å². The first-order valence-corrected chi connectivity index (χ1v) is 10.9. The van der Waals surface area contributed by atoms with Gasteiger partial charge in [-0.05, 0) is 57.6 Å². The summed E-state index contributed by atoms with van der Waals surface area (Å²) in [5.74, 6) is 0.951. The number of aromatic nitrogens is 3. The summed E-state index contributed by atoms with van der Waals surface area (Å²) in [5, 5.41) is 15.5. The van der Waals surface area contributed by atoms with Crippen molar-refractivity contribution in [1.82, 2.24) is 24.6 Å². The molecule has 0 spiro atoms. The molecule has 156 valence electrons. The van der Waals surface area contributed by atoms with E-state index in [0.717, 1.165) is 54.0 Å². The number of nitrogens with zero attached hydrogens (tertiary/aromatic N) is 5. The van der Waals surface area contributed by atoms with Crippen molar-refractivity contribution in [3.05, 3.63) is 23.0 Å². The molecule has 3 aliphatic rings. The van der Waals surface area contributed by atoms with Crippen LogP contribution in [0.15, 0.2) is 6.07 Å². The molecule has 3 saturated heterocycles. The number of hydrogen-bond acceptors (Lipinski definition) is 5. The SMILES string of the molecule is Cc1cc(C(=O)N2C[C@H]3C[C@@H](C2)[C@H](CO)N2CCCC[C@@H]32)c2c(C)nn(C)c2n1. The fraction of sp³-hybridized carbons (Fsp3) is 0.682. The summed E-state index contributed by atoms with van der Waals surface area (Å²) in [6, 6.07) is 2.61. The molecule has 7 nitrogen and oxygen atoms in total. The summed E-state index contributed by atoms with van der Waals surface area (Å²) in [6.45, 7) is 6.71. The lowest BCUT2D eigenvalue weighted by molar-refractivity contribution is -0.0794. The van der Waals surface area contributed by atoms with E-state index in [4.69, 9.17) is 0 Å². The fourth-order valence-electron chi connectivity index (χ4n) is 6.23. The number of hydrogen-bond donors (Lipinski definition) is 1. The maximum absolute atomic E-state index is 13.7. The number of pyridine rings is 1. The summed E-state index contributed by atoms with van der Waals surface area (Å²) >= 11 is 0. The number of amides is 1. The van der Waals surface area contributed by atoms with Gasteiger partial charge in [0.1, 0.15) is 0 Å². The fourth-order valence-corrected chi connectivity index (χ4v) is 6.23. The number of piperidine rings is 3. The highest BCUT2D eigenvalue weighted by Crippen LogP contribution is 2.41. The van der Waals surface area contributed by atoms with Crippen LogP contribution in [0.5, 0.6) is 0 Å². The minimum absolute atomic E-state index is 0.0900. The molecule has 0 radical (unpaired) electrons. The Balaban J connectivity index is 1.50. The highest BCUT2D eigenvalue weighted by atomic mass is 16.3. The number of carbonyl (C=O) groups is 1. The largest absolute Gasteiger partial charge is 0.395 e. The number of rotatable bonds is 2. The van der Waals surface area contributed by atoms with E-state index in [1.165, 1.54) is 19.3 Å². The predicted molar refractivity (Wildman–Crippen MR) is 111 cm³/mol. The average Bonchev–Trinajstić information content (AvgIpc) is 3.00. The molecule has 5 heterocycles. The van der Waals surface area contributed by atoms with Gasteiger partial charge in [0.2, 0.25) is 0 Å². The first kappa shape index (κ1) is 19.0.